The maximum atomic E-state index is 8.79. The van der Waals surface area contributed by atoms with Crippen LogP contribution in [0.15, 0.2) is 18.2 Å². The first-order chi connectivity index (χ1) is 6.31. The van der Waals surface area contributed by atoms with Crippen LogP contribution >= 0.6 is 11.6 Å². The van der Waals surface area contributed by atoms with E-state index in [0.717, 1.165) is 5.56 Å². The van der Waals surface area contributed by atoms with Gasteiger partial charge in [0.2, 0.25) is 0 Å². The predicted octanol–water partition coefficient (Wildman–Crippen LogP) is 2.70. The van der Waals surface area contributed by atoms with Crippen LogP contribution in [0.3, 0.4) is 0 Å². The summed E-state index contributed by atoms with van der Waals surface area (Å²) in [5, 5.41) is 8.79. The highest BCUT2D eigenvalue weighted by Gasteiger charge is 2.02. The molecule has 1 rings (SSSR count). The Labute approximate surface area is 82.7 Å². The van der Waals surface area contributed by atoms with Gasteiger partial charge in [0.25, 0.3) is 0 Å². The number of hydrogen-bond acceptors (Lipinski definition) is 2. The Bertz CT molecular complexity index is 330. The van der Waals surface area contributed by atoms with Gasteiger partial charge in [-0.25, -0.2) is 0 Å². The number of hydrogen-bond donors (Lipinski definition) is 0. The van der Waals surface area contributed by atoms with Crippen LogP contribution in [0.1, 0.15) is 18.1 Å². The van der Waals surface area contributed by atoms with Gasteiger partial charge in [0, 0.05) is 5.88 Å². The quantitative estimate of drug-likeness (QED) is 0.695. The Morgan fingerprint density at radius 1 is 1.54 bits per heavy atom. The molecule has 0 unspecified atom stereocenters. The van der Waals surface area contributed by atoms with Gasteiger partial charge in [-0.05, 0) is 24.6 Å². The number of ether oxygens (including phenoxy) is 1. The first-order valence-electron chi connectivity index (χ1n) is 4.03. The van der Waals surface area contributed by atoms with Crippen molar-refractivity contribution in [3.63, 3.8) is 0 Å². The van der Waals surface area contributed by atoms with E-state index in [1.165, 1.54) is 0 Å². The molecule has 0 saturated heterocycles. The smallest absolute Gasteiger partial charge is 0.137 e. The Balaban J connectivity index is 3.02. The van der Waals surface area contributed by atoms with E-state index in [4.69, 9.17) is 21.6 Å². The zero-order valence-electron chi connectivity index (χ0n) is 7.38. The molecule has 0 N–H and O–H groups in total. The summed E-state index contributed by atoms with van der Waals surface area (Å²) >= 11 is 5.64. The van der Waals surface area contributed by atoms with Crippen molar-refractivity contribution in [2.24, 2.45) is 0 Å². The van der Waals surface area contributed by atoms with Gasteiger partial charge in [-0.1, -0.05) is 6.07 Å². The molecule has 0 aromatic heterocycles. The lowest BCUT2D eigenvalue weighted by molar-refractivity contribution is 0.339. The fourth-order valence-electron chi connectivity index (χ4n) is 1.03. The molecule has 0 atom stereocenters. The molecule has 0 bridgehead atoms. The monoisotopic (exact) mass is 195 g/mol. The van der Waals surface area contributed by atoms with Crippen LogP contribution in [0.5, 0.6) is 5.75 Å². The van der Waals surface area contributed by atoms with Crippen LogP contribution in [-0.4, -0.2) is 6.61 Å². The van der Waals surface area contributed by atoms with Crippen molar-refractivity contribution in [3.05, 3.63) is 29.3 Å². The Morgan fingerprint density at radius 3 is 2.85 bits per heavy atom. The predicted molar refractivity (Wildman–Crippen MR) is 51.9 cm³/mol. The van der Waals surface area contributed by atoms with Gasteiger partial charge >= 0.3 is 0 Å². The number of halogens is 1. The highest BCUT2D eigenvalue weighted by atomic mass is 35.5. The van der Waals surface area contributed by atoms with E-state index >= 15 is 0 Å². The molecule has 0 amide bonds. The molecular weight excluding hydrogens is 186 g/mol. The van der Waals surface area contributed by atoms with Gasteiger partial charge in [0.05, 0.1) is 12.2 Å². The normalized spacial score (nSPS) is 9.31. The van der Waals surface area contributed by atoms with Crippen LogP contribution in [0.25, 0.3) is 0 Å². The van der Waals surface area contributed by atoms with E-state index in [1.54, 1.807) is 12.1 Å². The second-order valence-electron chi connectivity index (χ2n) is 2.51. The van der Waals surface area contributed by atoms with Crippen LogP contribution in [0.2, 0.25) is 0 Å². The standard InChI is InChI=1S/C10H10ClNO/c1-2-13-10-4-3-8(6-11)5-9(10)7-12/h3-5H,2,6H2,1H3. The second-order valence-corrected chi connectivity index (χ2v) is 2.78. The average Bonchev–Trinajstić information content (AvgIpc) is 2.19. The summed E-state index contributed by atoms with van der Waals surface area (Å²) < 4.78 is 5.26. The highest BCUT2D eigenvalue weighted by molar-refractivity contribution is 6.17. The van der Waals surface area contributed by atoms with Crippen molar-refractivity contribution in [2.75, 3.05) is 6.61 Å². The third-order valence-corrected chi connectivity index (χ3v) is 1.93. The number of benzene rings is 1. The van der Waals surface area contributed by atoms with E-state index in [1.807, 2.05) is 13.0 Å². The largest absolute Gasteiger partial charge is 0.492 e. The van der Waals surface area contributed by atoms with Crippen molar-refractivity contribution in [2.45, 2.75) is 12.8 Å². The topological polar surface area (TPSA) is 33.0 Å². The van der Waals surface area contributed by atoms with E-state index in [2.05, 4.69) is 6.07 Å². The molecule has 1 aromatic carbocycles. The van der Waals surface area contributed by atoms with E-state index in [-0.39, 0.29) is 0 Å². The summed E-state index contributed by atoms with van der Waals surface area (Å²) in [6.07, 6.45) is 0. The molecule has 0 fully saturated rings. The maximum absolute atomic E-state index is 8.79. The minimum atomic E-state index is 0.418. The number of nitrogens with zero attached hydrogens (tertiary/aromatic N) is 1. The minimum Gasteiger partial charge on any atom is -0.492 e. The number of rotatable bonds is 3. The van der Waals surface area contributed by atoms with Crippen LogP contribution in [-0.2, 0) is 5.88 Å². The van der Waals surface area contributed by atoms with Crippen LogP contribution in [0, 0.1) is 11.3 Å². The first kappa shape index (κ1) is 9.88. The summed E-state index contributed by atoms with van der Waals surface area (Å²) in [6, 6.07) is 7.46. The molecule has 0 radical (unpaired) electrons. The van der Waals surface area contributed by atoms with Crippen molar-refractivity contribution >= 4 is 11.6 Å². The molecule has 0 aliphatic heterocycles. The fourth-order valence-corrected chi connectivity index (χ4v) is 1.20. The molecule has 2 nitrogen and oxygen atoms in total. The van der Waals surface area contributed by atoms with Crippen molar-refractivity contribution < 1.29 is 4.74 Å². The van der Waals surface area contributed by atoms with Gasteiger partial charge in [0.15, 0.2) is 0 Å². The van der Waals surface area contributed by atoms with Crippen LogP contribution < -0.4 is 4.74 Å². The van der Waals surface area contributed by atoms with E-state index in [0.29, 0.717) is 23.8 Å². The summed E-state index contributed by atoms with van der Waals surface area (Å²) in [5.74, 6) is 1.04. The Kier molecular flexibility index (Phi) is 3.60. The molecule has 1 aromatic rings. The van der Waals surface area contributed by atoms with Crippen molar-refractivity contribution in [1.29, 1.82) is 5.26 Å². The third kappa shape index (κ3) is 2.37. The molecule has 13 heavy (non-hydrogen) atoms. The molecule has 0 saturated carbocycles. The Hall–Kier alpha value is -1.20. The fraction of sp³-hybridized carbons (Fsp3) is 0.300. The summed E-state index contributed by atoms with van der Waals surface area (Å²) in [6.45, 7) is 2.45. The van der Waals surface area contributed by atoms with Gasteiger partial charge in [0.1, 0.15) is 11.8 Å². The van der Waals surface area contributed by atoms with Gasteiger partial charge in [-0.2, -0.15) is 5.26 Å². The number of alkyl halides is 1. The first-order valence-corrected chi connectivity index (χ1v) is 4.57. The maximum Gasteiger partial charge on any atom is 0.137 e. The third-order valence-electron chi connectivity index (χ3n) is 1.62. The number of nitriles is 1. The minimum absolute atomic E-state index is 0.418. The van der Waals surface area contributed by atoms with Crippen molar-refractivity contribution in [3.8, 4) is 11.8 Å². The van der Waals surface area contributed by atoms with Gasteiger partial charge < -0.3 is 4.74 Å². The van der Waals surface area contributed by atoms with Crippen LogP contribution in [0.4, 0.5) is 0 Å². The second kappa shape index (κ2) is 4.74. The molecule has 3 heteroatoms. The zero-order chi connectivity index (χ0) is 9.68. The molecular formula is C10H10ClNO. The van der Waals surface area contributed by atoms with Crippen molar-refractivity contribution in [1.82, 2.24) is 0 Å². The highest BCUT2D eigenvalue weighted by Crippen LogP contribution is 2.20. The summed E-state index contributed by atoms with van der Waals surface area (Å²) in [7, 11) is 0. The lowest BCUT2D eigenvalue weighted by atomic mass is 10.1. The van der Waals surface area contributed by atoms with E-state index in [9.17, 15) is 0 Å². The summed E-state index contributed by atoms with van der Waals surface area (Å²) in [5.41, 5.74) is 1.47. The Morgan fingerprint density at radius 2 is 2.31 bits per heavy atom. The molecule has 68 valence electrons. The molecule has 0 heterocycles. The zero-order valence-corrected chi connectivity index (χ0v) is 8.14. The lowest BCUT2D eigenvalue weighted by Gasteiger charge is -2.05. The van der Waals surface area contributed by atoms with Gasteiger partial charge in [-0.3, -0.25) is 0 Å². The molecule has 0 aliphatic carbocycles. The van der Waals surface area contributed by atoms with Gasteiger partial charge in [-0.15, -0.1) is 11.6 Å². The average molecular weight is 196 g/mol. The SMILES string of the molecule is CCOc1ccc(CCl)cc1C#N. The summed E-state index contributed by atoms with van der Waals surface area (Å²) in [4.78, 5) is 0. The molecule has 0 aliphatic rings. The lowest BCUT2D eigenvalue weighted by Crippen LogP contribution is -1.94. The van der Waals surface area contributed by atoms with E-state index < -0.39 is 0 Å². The molecule has 0 spiro atoms.